The third-order valence-electron chi connectivity index (χ3n) is 4.23. The van der Waals surface area contributed by atoms with Crippen molar-refractivity contribution in [2.45, 2.75) is 0 Å². The van der Waals surface area contributed by atoms with E-state index in [2.05, 4.69) is 0 Å². The molecule has 3 rings (SSSR count). The number of para-hydroxylation sites is 2. The van der Waals surface area contributed by atoms with Gasteiger partial charge in [0.15, 0.2) is 5.78 Å². The Labute approximate surface area is 169 Å². The summed E-state index contributed by atoms with van der Waals surface area (Å²) in [6.45, 7) is 0. The Kier molecular flexibility index (Phi) is 6.43. The molecule has 5 heteroatoms. The summed E-state index contributed by atoms with van der Waals surface area (Å²) in [6.07, 6.45) is 3.19. The highest BCUT2D eigenvalue weighted by Gasteiger charge is 2.14. The summed E-state index contributed by atoms with van der Waals surface area (Å²) in [5.41, 5.74) is 1.62. The van der Waals surface area contributed by atoms with Gasteiger partial charge in [0.2, 0.25) is 0 Å². The average Bonchev–Trinajstić information content (AvgIpc) is 2.78. The first-order valence-corrected chi connectivity index (χ1v) is 8.93. The maximum atomic E-state index is 12.4. The van der Waals surface area contributed by atoms with Crippen molar-refractivity contribution in [1.29, 1.82) is 0 Å². The first-order chi connectivity index (χ1) is 14.1. The van der Waals surface area contributed by atoms with E-state index in [0.717, 1.165) is 5.56 Å². The quantitative estimate of drug-likeness (QED) is 0.251. The summed E-state index contributed by atoms with van der Waals surface area (Å²) in [5.74, 6) is 0.767. The second kappa shape index (κ2) is 9.37. The number of esters is 1. The molecular weight excluding hydrogens is 368 g/mol. The molecule has 0 aliphatic carbocycles. The summed E-state index contributed by atoms with van der Waals surface area (Å²) >= 11 is 0. The molecule has 0 saturated carbocycles. The lowest BCUT2D eigenvalue weighted by molar-refractivity contribution is 0.0731. The van der Waals surface area contributed by atoms with Crippen molar-refractivity contribution in [3.63, 3.8) is 0 Å². The van der Waals surface area contributed by atoms with E-state index in [1.54, 1.807) is 61.7 Å². The molecule has 0 atom stereocenters. The van der Waals surface area contributed by atoms with Gasteiger partial charge in [-0.25, -0.2) is 4.79 Å². The van der Waals surface area contributed by atoms with Crippen LogP contribution in [0.2, 0.25) is 0 Å². The van der Waals surface area contributed by atoms with Crippen LogP contribution >= 0.6 is 0 Å². The van der Waals surface area contributed by atoms with E-state index in [0.29, 0.717) is 28.4 Å². The van der Waals surface area contributed by atoms with Crippen LogP contribution in [0.15, 0.2) is 78.9 Å². The standard InChI is InChI=1S/C24H20O5/c1-27-22-9-5-3-7-18(22)13-16-21(25)17-11-14-19(15-12-17)29-24(26)20-8-4-6-10-23(20)28-2/h3-16H,1-2H3/b16-13+. The fourth-order valence-corrected chi connectivity index (χ4v) is 2.73. The van der Waals surface area contributed by atoms with Crippen molar-refractivity contribution in [2.75, 3.05) is 14.2 Å². The first-order valence-electron chi connectivity index (χ1n) is 8.93. The van der Waals surface area contributed by atoms with E-state index in [4.69, 9.17) is 14.2 Å². The van der Waals surface area contributed by atoms with Crippen LogP contribution in [0.1, 0.15) is 26.3 Å². The van der Waals surface area contributed by atoms with Crippen molar-refractivity contribution in [2.24, 2.45) is 0 Å². The lowest BCUT2D eigenvalue weighted by atomic mass is 10.1. The molecule has 0 saturated heterocycles. The van der Waals surface area contributed by atoms with Crippen molar-refractivity contribution in [3.05, 3.63) is 95.6 Å². The third kappa shape index (κ3) is 4.90. The number of allylic oxidation sites excluding steroid dienone is 1. The second-order valence-corrected chi connectivity index (χ2v) is 6.05. The fourth-order valence-electron chi connectivity index (χ4n) is 2.73. The molecule has 29 heavy (non-hydrogen) atoms. The molecule has 0 N–H and O–H groups in total. The Morgan fingerprint density at radius 3 is 2.07 bits per heavy atom. The van der Waals surface area contributed by atoms with Gasteiger partial charge in [-0.3, -0.25) is 4.79 Å². The van der Waals surface area contributed by atoms with Crippen molar-refractivity contribution in [1.82, 2.24) is 0 Å². The van der Waals surface area contributed by atoms with E-state index >= 15 is 0 Å². The zero-order chi connectivity index (χ0) is 20.6. The number of carbonyl (C=O) groups excluding carboxylic acids is 2. The molecule has 0 unspecified atom stereocenters. The zero-order valence-corrected chi connectivity index (χ0v) is 16.1. The highest BCUT2D eigenvalue weighted by atomic mass is 16.5. The van der Waals surface area contributed by atoms with Gasteiger partial charge in [-0.1, -0.05) is 30.3 Å². The molecule has 0 aliphatic rings. The van der Waals surface area contributed by atoms with Crippen molar-refractivity contribution in [3.8, 4) is 17.2 Å². The van der Waals surface area contributed by atoms with Crippen LogP contribution in [-0.2, 0) is 0 Å². The first kappa shape index (κ1) is 19.9. The summed E-state index contributed by atoms with van der Waals surface area (Å²) < 4.78 is 15.8. The van der Waals surface area contributed by atoms with Crippen LogP contribution in [0.4, 0.5) is 0 Å². The number of methoxy groups -OCH3 is 2. The van der Waals surface area contributed by atoms with Gasteiger partial charge >= 0.3 is 5.97 Å². The molecular formula is C24H20O5. The minimum Gasteiger partial charge on any atom is -0.496 e. The van der Waals surface area contributed by atoms with Gasteiger partial charge < -0.3 is 14.2 Å². The normalized spacial score (nSPS) is 10.6. The fraction of sp³-hybridized carbons (Fsp3) is 0.0833. The number of benzene rings is 3. The van der Waals surface area contributed by atoms with Crippen LogP contribution in [0.5, 0.6) is 17.2 Å². The SMILES string of the molecule is COc1ccccc1/C=C/C(=O)c1ccc(OC(=O)c2ccccc2OC)cc1. The van der Waals surface area contributed by atoms with Gasteiger partial charge in [0.05, 0.1) is 14.2 Å². The smallest absolute Gasteiger partial charge is 0.347 e. The van der Waals surface area contributed by atoms with E-state index < -0.39 is 5.97 Å². The van der Waals surface area contributed by atoms with Gasteiger partial charge in [0, 0.05) is 11.1 Å². The Bertz CT molecular complexity index is 1040. The Morgan fingerprint density at radius 1 is 0.759 bits per heavy atom. The largest absolute Gasteiger partial charge is 0.496 e. The van der Waals surface area contributed by atoms with E-state index in [9.17, 15) is 9.59 Å². The molecule has 3 aromatic rings. The van der Waals surface area contributed by atoms with Crippen LogP contribution in [0, 0.1) is 0 Å². The maximum absolute atomic E-state index is 12.4. The number of rotatable bonds is 7. The predicted molar refractivity (Wildman–Crippen MR) is 111 cm³/mol. The highest BCUT2D eigenvalue weighted by molar-refractivity contribution is 6.07. The summed E-state index contributed by atoms with van der Waals surface area (Å²) in [6, 6.07) is 20.6. The molecule has 5 nitrogen and oxygen atoms in total. The average molecular weight is 388 g/mol. The Morgan fingerprint density at radius 2 is 1.38 bits per heavy atom. The van der Waals surface area contributed by atoms with Crippen LogP contribution in [0.25, 0.3) is 6.08 Å². The minimum atomic E-state index is -0.530. The van der Waals surface area contributed by atoms with Crippen LogP contribution in [0.3, 0.4) is 0 Å². The number of hydrogen-bond acceptors (Lipinski definition) is 5. The van der Waals surface area contributed by atoms with E-state index in [-0.39, 0.29) is 5.78 Å². The molecule has 0 aliphatic heterocycles. The van der Waals surface area contributed by atoms with Crippen molar-refractivity contribution >= 4 is 17.8 Å². The zero-order valence-electron chi connectivity index (χ0n) is 16.1. The number of carbonyl (C=O) groups is 2. The van der Waals surface area contributed by atoms with Gasteiger partial charge in [-0.15, -0.1) is 0 Å². The monoisotopic (exact) mass is 388 g/mol. The molecule has 146 valence electrons. The number of hydrogen-bond donors (Lipinski definition) is 0. The highest BCUT2D eigenvalue weighted by Crippen LogP contribution is 2.22. The van der Waals surface area contributed by atoms with E-state index in [1.165, 1.54) is 13.2 Å². The molecule has 0 aromatic heterocycles. The van der Waals surface area contributed by atoms with E-state index in [1.807, 2.05) is 24.3 Å². The van der Waals surface area contributed by atoms with Crippen LogP contribution < -0.4 is 14.2 Å². The number of ketones is 1. The minimum absolute atomic E-state index is 0.168. The molecule has 0 spiro atoms. The van der Waals surface area contributed by atoms with Gasteiger partial charge in [0.25, 0.3) is 0 Å². The number of ether oxygens (including phenoxy) is 3. The predicted octanol–water partition coefficient (Wildman–Crippen LogP) is 4.82. The molecule has 0 amide bonds. The summed E-state index contributed by atoms with van der Waals surface area (Å²) in [4.78, 5) is 24.7. The molecule has 0 bridgehead atoms. The van der Waals surface area contributed by atoms with Crippen LogP contribution in [-0.4, -0.2) is 26.0 Å². The summed E-state index contributed by atoms with van der Waals surface area (Å²) in [7, 11) is 3.07. The summed E-state index contributed by atoms with van der Waals surface area (Å²) in [5, 5.41) is 0. The molecule has 3 aromatic carbocycles. The van der Waals surface area contributed by atoms with Gasteiger partial charge in [-0.05, 0) is 54.6 Å². The van der Waals surface area contributed by atoms with Gasteiger partial charge in [0.1, 0.15) is 22.8 Å². The lowest BCUT2D eigenvalue weighted by Gasteiger charge is -2.08. The third-order valence-corrected chi connectivity index (χ3v) is 4.23. The maximum Gasteiger partial charge on any atom is 0.347 e. The van der Waals surface area contributed by atoms with Crippen molar-refractivity contribution < 1.29 is 23.8 Å². The molecule has 0 heterocycles. The van der Waals surface area contributed by atoms with Gasteiger partial charge in [-0.2, -0.15) is 0 Å². The molecule has 0 fully saturated rings. The topological polar surface area (TPSA) is 61.8 Å². The second-order valence-electron chi connectivity index (χ2n) is 6.05. The Balaban J connectivity index is 1.69. The lowest BCUT2D eigenvalue weighted by Crippen LogP contribution is -2.10. The Hall–Kier alpha value is -3.86. The molecule has 0 radical (unpaired) electrons.